The van der Waals surface area contributed by atoms with Crippen LogP contribution in [0.5, 0.6) is 0 Å². The monoisotopic (exact) mass is 378 g/mol. The number of nitrogens with zero attached hydrogens (tertiary/aromatic N) is 2. The number of carbonyl (C=O) groups excluding carboxylic acids is 3. The number of hydrogen-bond donors (Lipinski definition) is 0. The molecule has 6 nitrogen and oxygen atoms in total. The Morgan fingerprint density at radius 3 is 2.30 bits per heavy atom. The summed E-state index contributed by atoms with van der Waals surface area (Å²) in [6, 6.07) is 12.3. The summed E-state index contributed by atoms with van der Waals surface area (Å²) in [5, 5.41) is 1.17. The zero-order chi connectivity index (χ0) is 19.1. The molecule has 0 bridgehead atoms. The first-order valence-corrected chi connectivity index (χ1v) is 9.01. The lowest BCUT2D eigenvalue weighted by Gasteiger charge is -2.11. The third-order valence-electron chi connectivity index (χ3n) is 4.25. The van der Waals surface area contributed by atoms with Crippen LogP contribution in [0, 0.1) is 13.8 Å². The van der Waals surface area contributed by atoms with Crippen molar-refractivity contribution in [2.45, 2.75) is 13.8 Å². The molecule has 1 aromatic heterocycles. The van der Waals surface area contributed by atoms with Gasteiger partial charge in [-0.25, -0.2) is 9.78 Å². The van der Waals surface area contributed by atoms with Gasteiger partial charge in [-0.1, -0.05) is 41.0 Å². The van der Waals surface area contributed by atoms with Crippen LogP contribution in [0.4, 0.5) is 0 Å². The third-order valence-corrected chi connectivity index (χ3v) is 5.26. The van der Waals surface area contributed by atoms with Crippen LogP contribution in [-0.4, -0.2) is 27.8 Å². The Bertz CT molecular complexity index is 1070. The van der Waals surface area contributed by atoms with Gasteiger partial charge in [0.15, 0.2) is 0 Å². The lowest BCUT2D eigenvalue weighted by Crippen LogP contribution is -2.32. The lowest BCUT2D eigenvalue weighted by atomic mass is 10.1. The summed E-state index contributed by atoms with van der Waals surface area (Å²) < 4.78 is 0. The van der Waals surface area contributed by atoms with Gasteiger partial charge >= 0.3 is 5.97 Å². The highest BCUT2D eigenvalue weighted by atomic mass is 32.1. The topological polar surface area (TPSA) is 76.6 Å². The number of aromatic nitrogens is 1. The predicted octanol–water partition coefficient (Wildman–Crippen LogP) is 3.79. The van der Waals surface area contributed by atoms with E-state index in [2.05, 4.69) is 4.98 Å². The second kappa shape index (κ2) is 6.44. The molecule has 0 aliphatic carbocycles. The maximum Gasteiger partial charge on any atom is 0.375 e. The van der Waals surface area contributed by atoms with Crippen LogP contribution in [0.1, 0.15) is 41.5 Å². The fourth-order valence-corrected chi connectivity index (χ4v) is 3.80. The normalized spacial score (nSPS) is 13.0. The van der Waals surface area contributed by atoms with Gasteiger partial charge < -0.3 is 4.84 Å². The number of amides is 2. The molecule has 0 fully saturated rings. The van der Waals surface area contributed by atoms with Gasteiger partial charge in [-0.2, -0.15) is 0 Å². The van der Waals surface area contributed by atoms with E-state index < -0.39 is 17.8 Å². The lowest BCUT2D eigenvalue weighted by molar-refractivity contribution is -0.0581. The van der Waals surface area contributed by atoms with E-state index in [4.69, 9.17) is 4.84 Å². The zero-order valence-electron chi connectivity index (χ0n) is 14.6. The summed E-state index contributed by atoms with van der Waals surface area (Å²) >= 11 is 1.15. The highest BCUT2D eigenvalue weighted by Crippen LogP contribution is 2.30. The van der Waals surface area contributed by atoms with Crippen molar-refractivity contribution in [3.63, 3.8) is 0 Å². The fourth-order valence-electron chi connectivity index (χ4n) is 2.92. The Kier molecular flexibility index (Phi) is 4.08. The van der Waals surface area contributed by atoms with E-state index in [0.29, 0.717) is 10.1 Å². The molecule has 1 aliphatic rings. The summed E-state index contributed by atoms with van der Waals surface area (Å²) in [6.07, 6.45) is 1.39. The molecular weight excluding hydrogens is 364 g/mol. The molecule has 2 amide bonds. The molecule has 0 atom stereocenters. The van der Waals surface area contributed by atoms with E-state index in [9.17, 15) is 14.4 Å². The first-order chi connectivity index (χ1) is 13.0. The molecule has 0 spiro atoms. The molecule has 0 radical (unpaired) electrons. The predicted molar refractivity (Wildman–Crippen MR) is 99.4 cm³/mol. The molecule has 2 heterocycles. The van der Waals surface area contributed by atoms with Gasteiger partial charge in [0, 0.05) is 5.56 Å². The van der Waals surface area contributed by atoms with E-state index in [1.54, 1.807) is 12.1 Å². The molecule has 0 N–H and O–H groups in total. The minimum absolute atomic E-state index is 0.210. The quantitative estimate of drug-likeness (QED) is 0.648. The number of carbonyl (C=O) groups is 3. The van der Waals surface area contributed by atoms with E-state index in [1.807, 2.05) is 32.0 Å². The van der Waals surface area contributed by atoms with Crippen LogP contribution in [-0.2, 0) is 4.84 Å². The number of fused-ring (bicyclic) bond motifs is 1. The zero-order valence-corrected chi connectivity index (χ0v) is 15.4. The summed E-state index contributed by atoms with van der Waals surface area (Å²) in [7, 11) is 0. The summed E-state index contributed by atoms with van der Waals surface area (Å²) in [6.45, 7) is 3.98. The number of rotatable bonds is 3. The van der Waals surface area contributed by atoms with Gasteiger partial charge in [0.1, 0.15) is 9.88 Å². The number of thiazole rings is 1. The average Bonchev–Trinajstić information content (AvgIpc) is 3.22. The number of benzene rings is 2. The molecule has 0 unspecified atom stereocenters. The molecular formula is C20H14N2O4S. The number of hydroxylamine groups is 2. The van der Waals surface area contributed by atoms with Crippen molar-refractivity contribution < 1.29 is 19.2 Å². The number of hydrogen-bond acceptors (Lipinski definition) is 6. The summed E-state index contributed by atoms with van der Waals surface area (Å²) in [5.41, 5.74) is 3.54. The molecule has 4 rings (SSSR count). The minimum atomic E-state index is -0.793. The number of imide groups is 1. The van der Waals surface area contributed by atoms with Crippen LogP contribution in [0.15, 0.2) is 48.7 Å². The molecule has 1 aliphatic heterocycles. The largest absolute Gasteiger partial charge is 0.375 e. The third kappa shape index (κ3) is 2.92. The minimum Gasteiger partial charge on any atom is -0.323 e. The van der Waals surface area contributed by atoms with Crippen molar-refractivity contribution in [1.82, 2.24) is 10.0 Å². The average molecular weight is 378 g/mol. The Labute approximate surface area is 159 Å². The van der Waals surface area contributed by atoms with Crippen molar-refractivity contribution in [2.24, 2.45) is 0 Å². The van der Waals surface area contributed by atoms with Crippen molar-refractivity contribution in [3.05, 3.63) is 75.8 Å². The summed E-state index contributed by atoms with van der Waals surface area (Å²) in [4.78, 5) is 46.6. The van der Waals surface area contributed by atoms with E-state index >= 15 is 0 Å². The van der Waals surface area contributed by atoms with Gasteiger partial charge in [0.25, 0.3) is 11.8 Å². The first kappa shape index (κ1) is 17.1. The molecule has 27 heavy (non-hydrogen) atoms. The Balaban J connectivity index is 1.56. The van der Waals surface area contributed by atoms with Crippen molar-refractivity contribution in [3.8, 4) is 10.6 Å². The molecule has 2 aromatic carbocycles. The molecule has 0 saturated heterocycles. The Morgan fingerprint density at radius 1 is 1.00 bits per heavy atom. The van der Waals surface area contributed by atoms with Gasteiger partial charge in [0.05, 0.1) is 17.3 Å². The second-order valence-electron chi connectivity index (χ2n) is 6.18. The van der Waals surface area contributed by atoms with Crippen molar-refractivity contribution in [2.75, 3.05) is 0 Å². The van der Waals surface area contributed by atoms with Gasteiger partial charge in [0.2, 0.25) is 0 Å². The van der Waals surface area contributed by atoms with Gasteiger partial charge in [-0.15, -0.1) is 11.3 Å². The molecule has 0 saturated carbocycles. The molecule has 134 valence electrons. The van der Waals surface area contributed by atoms with E-state index in [0.717, 1.165) is 28.0 Å². The van der Waals surface area contributed by atoms with E-state index in [1.165, 1.54) is 18.3 Å². The molecule has 7 heteroatoms. The number of aryl methyl sites for hydroxylation is 2. The van der Waals surface area contributed by atoms with Crippen LogP contribution in [0.3, 0.4) is 0 Å². The summed E-state index contributed by atoms with van der Waals surface area (Å²) in [5.74, 6) is -2.09. The Hall–Kier alpha value is -3.32. The van der Waals surface area contributed by atoms with Gasteiger partial charge in [-0.3, -0.25) is 9.59 Å². The SMILES string of the molecule is Cc1ccc(-c2ncc(C(=O)ON3C(=O)c4ccccc4C3=O)s2)c(C)c1. The highest BCUT2D eigenvalue weighted by Gasteiger charge is 2.39. The van der Waals surface area contributed by atoms with Crippen LogP contribution >= 0.6 is 11.3 Å². The fraction of sp³-hybridized carbons (Fsp3) is 0.100. The van der Waals surface area contributed by atoms with Crippen LogP contribution in [0.25, 0.3) is 10.6 Å². The Morgan fingerprint density at radius 2 is 1.67 bits per heavy atom. The first-order valence-electron chi connectivity index (χ1n) is 8.19. The van der Waals surface area contributed by atoms with Crippen molar-refractivity contribution in [1.29, 1.82) is 0 Å². The maximum atomic E-state index is 12.4. The van der Waals surface area contributed by atoms with Crippen molar-refractivity contribution >= 4 is 29.1 Å². The van der Waals surface area contributed by atoms with Gasteiger partial charge in [-0.05, 0) is 31.5 Å². The molecule has 3 aromatic rings. The highest BCUT2D eigenvalue weighted by molar-refractivity contribution is 7.16. The van der Waals surface area contributed by atoms with E-state index in [-0.39, 0.29) is 16.0 Å². The maximum absolute atomic E-state index is 12.4. The standard InChI is InChI=1S/C20H14N2O4S/c1-11-7-8-13(12(2)9-11)17-21-10-16(27-17)20(25)26-22-18(23)14-5-3-4-6-15(14)19(22)24/h3-10H,1-2H3. The van der Waals surface area contributed by atoms with Crippen LogP contribution in [0.2, 0.25) is 0 Å². The van der Waals surface area contributed by atoms with Crippen LogP contribution < -0.4 is 0 Å². The second-order valence-corrected chi connectivity index (χ2v) is 7.21. The smallest absolute Gasteiger partial charge is 0.323 e.